The number of ketones is 1. The van der Waals surface area contributed by atoms with Crippen molar-refractivity contribution in [3.05, 3.63) is 35.9 Å². The Labute approximate surface area is 109 Å². The molecule has 1 heterocycles. The summed E-state index contributed by atoms with van der Waals surface area (Å²) in [6.07, 6.45) is 5.43. The molecule has 1 saturated heterocycles. The second kappa shape index (κ2) is 5.23. The Morgan fingerprint density at radius 2 is 1.94 bits per heavy atom. The summed E-state index contributed by atoms with van der Waals surface area (Å²) in [7, 11) is 0. The van der Waals surface area contributed by atoms with Gasteiger partial charge < -0.3 is 0 Å². The first-order valence-electron chi connectivity index (χ1n) is 7.15. The Bertz CT molecular complexity index is 414. The van der Waals surface area contributed by atoms with E-state index in [2.05, 4.69) is 35.2 Å². The number of nitrogens with zero attached hydrogens (tertiary/aromatic N) is 1. The molecule has 0 aromatic heterocycles. The third-order valence-corrected chi connectivity index (χ3v) is 4.48. The van der Waals surface area contributed by atoms with Crippen molar-refractivity contribution in [1.82, 2.24) is 4.90 Å². The van der Waals surface area contributed by atoms with Gasteiger partial charge in [0.15, 0.2) is 0 Å². The number of carbonyl (C=O) groups is 1. The maximum Gasteiger partial charge on any atom is 0.137 e. The van der Waals surface area contributed by atoms with Gasteiger partial charge in [0.05, 0.1) is 0 Å². The SMILES string of the molecule is O=C1CCCC[C@H]2[C@@H]1CCN2Cc1ccccc1. The van der Waals surface area contributed by atoms with Crippen molar-refractivity contribution in [1.29, 1.82) is 0 Å². The molecule has 0 spiro atoms. The van der Waals surface area contributed by atoms with Crippen LogP contribution >= 0.6 is 0 Å². The van der Waals surface area contributed by atoms with Crippen molar-refractivity contribution in [2.75, 3.05) is 6.54 Å². The molecule has 2 fully saturated rings. The standard InChI is InChI=1S/C16H21NO/c18-16-9-5-4-8-15-14(16)10-11-17(15)12-13-6-2-1-3-7-13/h1-3,6-7,14-15H,4-5,8-12H2/t14-,15-/m0/s1. The normalized spacial score (nSPS) is 29.0. The van der Waals surface area contributed by atoms with E-state index in [1.165, 1.54) is 18.4 Å². The lowest BCUT2D eigenvalue weighted by Gasteiger charge is -2.26. The van der Waals surface area contributed by atoms with E-state index in [1.54, 1.807) is 0 Å². The third-order valence-electron chi connectivity index (χ3n) is 4.48. The summed E-state index contributed by atoms with van der Waals surface area (Å²) in [5.74, 6) is 0.851. The zero-order chi connectivity index (χ0) is 12.4. The zero-order valence-electron chi connectivity index (χ0n) is 10.8. The fraction of sp³-hybridized carbons (Fsp3) is 0.562. The van der Waals surface area contributed by atoms with Gasteiger partial charge in [0.25, 0.3) is 0 Å². The van der Waals surface area contributed by atoms with Crippen molar-refractivity contribution in [3.63, 3.8) is 0 Å². The van der Waals surface area contributed by atoms with E-state index in [9.17, 15) is 4.79 Å². The molecule has 2 nitrogen and oxygen atoms in total. The van der Waals surface area contributed by atoms with Crippen LogP contribution in [0.15, 0.2) is 30.3 Å². The topological polar surface area (TPSA) is 20.3 Å². The largest absolute Gasteiger partial charge is 0.299 e. The van der Waals surface area contributed by atoms with E-state index < -0.39 is 0 Å². The van der Waals surface area contributed by atoms with E-state index in [-0.39, 0.29) is 0 Å². The van der Waals surface area contributed by atoms with Gasteiger partial charge in [0.1, 0.15) is 5.78 Å². The van der Waals surface area contributed by atoms with Gasteiger partial charge in [-0.15, -0.1) is 0 Å². The van der Waals surface area contributed by atoms with Gasteiger partial charge in [-0.1, -0.05) is 36.8 Å². The minimum Gasteiger partial charge on any atom is -0.299 e. The second-order valence-electron chi connectivity index (χ2n) is 5.63. The Balaban J connectivity index is 1.72. The molecule has 1 aliphatic carbocycles. The van der Waals surface area contributed by atoms with Crippen LogP contribution in [0.2, 0.25) is 0 Å². The first-order chi connectivity index (χ1) is 8.84. The molecule has 1 aromatic rings. The number of rotatable bonds is 2. The third kappa shape index (κ3) is 2.35. The number of fused-ring (bicyclic) bond motifs is 1. The molecule has 0 amide bonds. The lowest BCUT2D eigenvalue weighted by atomic mass is 9.94. The van der Waals surface area contributed by atoms with Crippen LogP contribution in [0.4, 0.5) is 0 Å². The minimum atomic E-state index is 0.330. The van der Waals surface area contributed by atoms with Gasteiger partial charge in [0, 0.05) is 24.9 Å². The smallest absolute Gasteiger partial charge is 0.137 e. The lowest BCUT2D eigenvalue weighted by molar-refractivity contribution is -0.123. The summed E-state index contributed by atoms with van der Waals surface area (Å²) >= 11 is 0. The summed E-state index contributed by atoms with van der Waals surface area (Å²) < 4.78 is 0. The van der Waals surface area contributed by atoms with Crippen LogP contribution in [0.1, 0.15) is 37.7 Å². The van der Waals surface area contributed by atoms with E-state index in [1.807, 2.05) is 0 Å². The van der Waals surface area contributed by atoms with E-state index in [0.717, 1.165) is 32.4 Å². The summed E-state index contributed by atoms with van der Waals surface area (Å²) in [4.78, 5) is 14.6. The number of benzene rings is 1. The summed E-state index contributed by atoms with van der Waals surface area (Å²) in [5, 5.41) is 0. The van der Waals surface area contributed by atoms with Gasteiger partial charge in [-0.05, 0) is 31.4 Å². The molecule has 2 atom stereocenters. The van der Waals surface area contributed by atoms with Gasteiger partial charge in [-0.3, -0.25) is 9.69 Å². The molecule has 3 rings (SSSR count). The molecule has 0 N–H and O–H groups in total. The summed E-state index contributed by atoms with van der Waals surface area (Å²) in [6.45, 7) is 2.10. The Hall–Kier alpha value is -1.15. The van der Waals surface area contributed by atoms with Gasteiger partial charge in [-0.2, -0.15) is 0 Å². The van der Waals surface area contributed by atoms with Gasteiger partial charge >= 0.3 is 0 Å². The monoisotopic (exact) mass is 243 g/mol. The van der Waals surface area contributed by atoms with Crippen LogP contribution < -0.4 is 0 Å². The molecule has 0 radical (unpaired) electrons. The minimum absolute atomic E-state index is 0.330. The second-order valence-corrected chi connectivity index (χ2v) is 5.63. The molecule has 1 saturated carbocycles. The van der Waals surface area contributed by atoms with Crippen molar-refractivity contribution in [2.45, 2.75) is 44.7 Å². The average molecular weight is 243 g/mol. The zero-order valence-corrected chi connectivity index (χ0v) is 10.8. The number of likely N-dealkylation sites (tertiary alicyclic amines) is 1. The number of hydrogen-bond acceptors (Lipinski definition) is 2. The maximum absolute atomic E-state index is 12.1. The van der Waals surface area contributed by atoms with E-state index in [0.29, 0.717) is 17.7 Å². The van der Waals surface area contributed by atoms with Crippen molar-refractivity contribution < 1.29 is 4.79 Å². The van der Waals surface area contributed by atoms with Crippen molar-refractivity contribution >= 4 is 5.78 Å². The maximum atomic E-state index is 12.1. The average Bonchev–Trinajstić information content (AvgIpc) is 2.69. The van der Waals surface area contributed by atoms with Crippen LogP contribution in [0.3, 0.4) is 0 Å². The van der Waals surface area contributed by atoms with Crippen LogP contribution in [0, 0.1) is 5.92 Å². The fourth-order valence-corrected chi connectivity index (χ4v) is 3.53. The Kier molecular flexibility index (Phi) is 3.46. The van der Waals surface area contributed by atoms with Crippen LogP contribution in [0.25, 0.3) is 0 Å². The molecule has 96 valence electrons. The molecule has 0 unspecified atom stereocenters. The summed E-state index contributed by atoms with van der Waals surface area (Å²) in [5.41, 5.74) is 1.37. The van der Waals surface area contributed by atoms with E-state index >= 15 is 0 Å². The molecule has 18 heavy (non-hydrogen) atoms. The molecule has 0 bridgehead atoms. The first kappa shape index (κ1) is 11.9. The predicted molar refractivity (Wildman–Crippen MR) is 72.2 cm³/mol. The van der Waals surface area contributed by atoms with Crippen LogP contribution in [-0.4, -0.2) is 23.3 Å². The molecular formula is C16H21NO. The first-order valence-corrected chi connectivity index (χ1v) is 7.15. The van der Waals surface area contributed by atoms with Gasteiger partial charge in [0.2, 0.25) is 0 Å². The fourth-order valence-electron chi connectivity index (χ4n) is 3.53. The molecule has 1 aromatic carbocycles. The van der Waals surface area contributed by atoms with Gasteiger partial charge in [-0.25, -0.2) is 0 Å². The number of hydrogen-bond donors (Lipinski definition) is 0. The number of carbonyl (C=O) groups excluding carboxylic acids is 1. The van der Waals surface area contributed by atoms with Crippen LogP contribution in [-0.2, 0) is 11.3 Å². The van der Waals surface area contributed by atoms with Crippen molar-refractivity contribution in [2.24, 2.45) is 5.92 Å². The highest BCUT2D eigenvalue weighted by molar-refractivity contribution is 5.82. The molecule has 2 heteroatoms. The highest BCUT2D eigenvalue weighted by atomic mass is 16.1. The van der Waals surface area contributed by atoms with Crippen LogP contribution in [0.5, 0.6) is 0 Å². The molecule has 1 aliphatic heterocycles. The predicted octanol–water partition coefficient (Wildman–Crippen LogP) is 3.02. The molecular weight excluding hydrogens is 222 g/mol. The highest BCUT2D eigenvalue weighted by Gasteiger charge is 2.38. The lowest BCUT2D eigenvalue weighted by Crippen LogP contribution is -2.34. The molecule has 2 aliphatic rings. The Morgan fingerprint density at radius 1 is 1.11 bits per heavy atom. The quantitative estimate of drug-likeness (QED) is 0.796. The number of Topliss-reactive ketones (excluding diaryl/α,β-unsaturated/α-hetero) is 1. The van der Waals surface area contributed by atoms with E-state index in [4.69, 9.17) is 0 Å². The summed E-state index contributed by atoms with van der Waals surface area (Å²) in [6, 6.07) is 11.1. The highest BCUT2D eigenvalue weighted by Crippen LogP contribution is 2.33. The van der Waals surface area contributed by atoms with Crippen molar-refractivity contribution in [3.8, 4) is 0 Å². The Morgan fingerprint density at radius 3 is 2.78 bits per heavy atom.